The fourth-order valence-corrected chi connectivity index (χ4v) is 2.27. The monoisotopic (exact) mass is 297 g/mol. The number of rotatable bonds is 3. The summed E-state index contributed by atoms with van der Waals surface area (Å²) in [6.07, 6.45) is 1.71. The van der Waals surface area contributed by atoms with Crippen LogP contribution in [0.25, 0.3) is 0 Å². The second kappa shape index (κ2) is 5.55. The molecule has 0 atom stereocenters. The molecule has 0 aliphatic carbocycles. The van der Waals surface area contributed by atoms with Gasteiger partial charge in [0.15, 0.2) is 0 Å². The molecule has 0 spiro atoms. The smallest absolute Gasteiger partial charge is 0.272 e. The van der Waals surface area contributed by atoms with E-state index in [9.17, 15) is 4.79 Å². The zero-order valence-electron chi connectivity index (χ0n) is 10.3. The first-order valence-corrected chi connectivity index (χ1v) is 6.49. The fourth-order valence-electron chi connectivity index (χ4n) is 1.78. The SMILES string of the molecule is CCn1cc(N)cc1C(=O)Nc1c(Cl)cccc1Cl. The lowest BCUT2D eigenvalue weighted by molar-refractivity contribution is 0.101. The molecule has 0 saturated carbocycles. The lowest BCUT2D eigenvalue weighted by Crippen LogP contribution is -2.16. The van der Waals surface area contributed by atoms with Crippen molar-refractivity contribution in [2.45, 2.75) is 13.5 Å². The van der Waals surface area contributed by atoms with Gasteiger partial charge in [0.1, 0.15) is 5.69 Å². The highest BCUT2D eigenvalue weighted by atomic mass is 35.5. The number of amides is 1. The zero-order valence-corrected chi connectivity index (χ0v) is 11.8. The van der Waals surface area contributed by atoms with Crippen molar-refractivity contribution in [1.29, 1.82) is 0 Å². The molecule has 0 aliphatic heterocycles. The molecule has 1 heterocycles. The Morgan fingerprint density at radius 1 is 1.37 bits per heavy atom. The van der Waals surface area contributed by atoms with Crippen LogP contribution in [0.5, 0.6) is 0 Å². The van der Waals surface area contributed by atoms with Crippen molar-refractivity contribution < 1.29 is 4.79 Å². The number of hydrogen-bond acceptors (Lipinski definition) is 2. The van der Waals surface area contributed by atoms with E-state index in [1.807, 2.05) is 6.92 Å². The summed E-state index contributed by atoms with van der Waals surface area (Å²) in [6, 6.07) is 6.66. The van der Waals surface area contributed by atoms with Gasteiger partial charge in [0.25, 0.3) is 5.91 Å². The number of nitrogen functional groups attached to an aromatic ring is 1. The maximum atomic E-state index is 12.2. The van der Waals surface area contributed by atoms with Gasteiger partial charge in [-0.25, -0.2) is 0 Å². The van der Waals surface area contributed by atoms with Crippen LogP contribution in [0.3, 0.4) is 0 Å². The summed E-state index contributed by atoms with van der Waals surface area (Å²) in [5.41, 5.74) is 7.10. The first-order valence-electron chi connectivity index (χ1n) is 5.74. The van der Waals surface area contributed by atoms with Crippen LogP contribution in [0.1, 0.15) is 17.4 Å². The molecule has 1 aromatic carbocycles. The number of carbonyl (C=O) groups is 1. The number of benzene rings is 1. The summed E-state index contributed by atoms with van der Waals surface area (Å²) in [6.45, 7) is 2.58. The minimum Gasteiger partial charge on any atom is -0.397 e. The molecule has 0 fully saturated rings. The lowest BCUT2D eigenvalue weighted by Gasteiger charge is -2.10. The van der Waals surface area contributed by atoms with E-state index in [4.69, 9.17) is 28.9 Å². The van der Waals surface area contributed by atoms with E-state index < -0.39 is 0 Å². The van der Waals surface area contributed by atoms with Crippen LogP contribution in [0.2, 0.25) is 10.0 Å². The van der Waals surface area contributed by atoms with Gasteiger partial charge >= 0.3 is 0 Å². The first-order chi connectivity index (χ1) is 9.02. The number of nitrogens with zero attached hydrogens (tertiary/aromatic N) is 1. The molecule has 1 aromatic heterocycles. The summed E-state index contributed by atoms with van der Waals surface area (Å²) < 4.78 is 1.76. The van der Waals surface area contributed by atoms with Crippen molar-refractivity contribution >= 4 is 40.5 Å². The van der Waals surface area contributed by atoms with E-state index in [2.05, 4.69) is 5.32 Å². The third kappa shape index (κ3) is 2.85. The van der Waals surface area contributed by atoms with Gasteiger partial charge in [-0.15, -0.1) is 0 Å². The van der Waals surface area contributed by atoms with Crippen molar-refractivity contribution in [3.8, 4) is 0 Å². The minimum absolute atomic E-state index is 0.298. The Morgan fingerprint density at radius 3 is 2.58 bits per heavy atom. The number of carbonyl (C=O) groups excluding carboxylic acids is 1. The first kappa shape index (κ1) is 13.8. The number of nitrogens with one attached hydrogen (secondary N) is 1. The van der Waals surface area contributed by atoms with Gasteiger partial charge in [0.05, 0.1) is 21.4 Å². The van der Waals surface area contributed by atoms with Crippen LogP contribution >= 0.6 is 23.2 Å². The lowest BCUT2D eigenvalue weighted by atomic mass is 10.3. The zero-order chi connectivity index (χ0) is 14.0. The van der Waals surface area contributed by atoms with Crippen molar-refractivity contribution in [3.05, 3.63) is 46.2 Å². The molecule has 2 rings (SSSR count). The third-order valence-electron chi connectivity index (χ3n) is 2.69. The number of aryl methyl sites for hydroxylation is 1. The predicted octanol–water partition coefficient (Wildman–Crippen LogP) is 3.65. The quantitative estimate of drug-likeness (QED) is 0.908. The highest BCUT2D eigenvalue weighted by molar-refractivity contribution is 6.40. The molecule has 0 saturated heterocycles. The largest absolute Gasteiger partial charge is 0.397 e. The number of anilines is 2. The van der Waals surface area contributed by atoms with Crippen molar-refractivity contribution in [3.63, 3.8) is 0 Å². The average molecular weight is 298 g/mol. The Hall–Kier alpha value is -1.65. The van der Waals surface area contributed by atoms with E-state index in [1.165, 1.54) is 0 Å². The molecule has 2 aromatic rings. The normalized spacial score (nSPS) is 10.5. The van der Waals surface area contributed by atoms with Gasteiger partial charge in [0.2, 0.25) is 0 Å². The number of halogens is 2. The molecule has 100 valence electrons. The van der Waals surface area contributed by atoms with Gasteiger partial charge in [0, 0.05) is 12.7 Å². The Bertz CT molecular complexity index is 602. The molecule has 0 unspecified atom stereocenters. The number of para-hydroxylation sites is 1. The van der Waals surface area contributed by atoms with E-state index in [0.29, 0.717) is 33.7 Å². The van der Waals surface area contributed by atoms with Crippen molar-refractivity contribution in [1.82, 2.24) is 4.57 Å². The molecule has 6 heteroatoms. The predicted molar refractivity (Wildman–Crippen MR) is 78.9 cm³/mol. The van der Waals surface area contributed by atoms with Gasteiger partial charge in [-0.2, -0.15) is 0 Å². The number of nitrogens with two attached hydrogens (primary N) is 1. The molecular formula is C13H13Cl2N3O. The standard InChI is InChI=1S/C13H13Cl2N3O/c1-2-18-7-8(16)6-11(18)13(19)17-12-9(14)4-3-5-10(12)15/h3-7H,2,16H2,1H3,(H,17,19). The maximum Gasteiger partial charge on any atom is 0.272 e. The Labute approximate surface area is 121 Å². The van der Waals surface area contributed by atoms with Gasteiger partial charge in [-0.3, -0.25) is 4.79 Å². The van der Waals surface area contributed by atoms with Gasteiger partial charge in [-0.05, 0) is 25.1 Å². The second-order valence-corrected chi connectivity index (χ2v) is 4.81. The molecule has 0 aliphatic rings. The van der Waals surface area contributed by atoms with Crippen molar-refractivity contribution in [2.24, 2.45) is 0 Å². The van der Waals surface area contributed by atoms with E-state index in [-0.39, 0.29) is 5.91 Å². The Morgan fingerprint density at radius 2 is 2.00 bits per heavy atom. The Balaban J connectivity index is 2.31. The molecule has 3 N–H and O–H groups in total. The Kier molecular flexibility index (Phi) is 4.02. The summed E-state index contributed by atoms with van der Waals surface area (Å²) in [5.74, 6) is -0.298. The minimum atomic E-state index is -0.298. The van der Waals surface area contributed by atoms with Crippen LogP contribution in [0.4, 0.5) is 11.4 Å². The summed E-state index contributed by atoms with van der Waals surface area (Å²) in [5, 5.41) is 3.49. The van der Waals surface area contributed by atoms with E-state index in [0.717, 1.165) is 0 Å². The fraction of sp³-hybridized carbons (Fsp3) is 0.154. The van der Waals surface area contributed by atoms with Crippen molar-refractivity contribution in [2.75, 3.05) is 11.1 Å². The number of hydrogen-bond donors (Lipinski definition) is 2. The second-order valence-electron chi connectivity index (χ2n) is 4.00. The molecule has 0 bridgehead atoms. The van der Waals surface area contributed by atoms with Crippen LogP contribution in [-0.2, 0) is 6.54 Å². The molecule has 19 heavy (non-hydrogen) atoms. The highest BCUT2D eigenvalue weighted by Crippen LogP contribution is 2.30. The van der Waals surface area contributed by atoms with Gasteiger partial charge < -0.3 is 15.6 Å². The molecule has 1 amide bonds. The van der Waals surface area contributed by atoms with Crippen LogP contribution in [0.15, 0.2) is 30.5 Å². The van der Waals surface area contributed by atoms with E-state index >= 15 is 0 Å². The molecule has 0 radical (unpaired) electrons. The molecule has 4 nitrogen and oxygen atoms in total. The summed E-state index contributed by atoms with van der Waals surface area (Å²) >= 11 is 12.0. The van der Waals surface area contributed by atoms with Gasteiger partial charge in [-0.1, -0.05) is 29.3 Å². The third-order valence-corrected chi connectivity index (χ3v) is 3.32. The maximum absolute atomic E-state index is 12.2. The average Bonchev–Trinajstić information content (AvgIpc) is 2.75. The number of aromatic nitrogens is 1. The van der Waals surface area contributed by atoms with E-state index in [1.54, 1.807) is 35.0 Å². The highest BCUT2D eigenvalue weighted by Gasteiger charge is 2.15. The van der Waals surface area contributed by atoms with Crippen LogP contribution in [-0.4, -0.2) is 10.5 Å². The van der Waals surface area contributed by atoms with Crippen LogP contribution < -0.4 is 11.1 Å². The summed E-state index contributed by atoms with van der Waals surface area (Å²) in [4.78, 5) is 12.2. The van der Waals surface area contributed by atoms with Crippen LogP contribution in [0, 0.1) is 0 Å². The molecular weight excluding hydrogens is 285 g/mol. The topological polar surface area (TPSA) is 60.0 Å². The summed E-state index contributed by atoms with van der Waals surface area (Å²) in [7, 11) is 0.